The minimum absolute atomic E-state index is 0.0958. The van der Waals surface area contributed by atoms with Gasteiger partial charge in [0.05, 0.1) is 19.1 Å². The van der Waals surface area contributed by atoms with Gasteiger partial charge < -0.3 is 20.1 Å². The van der Waals surface area contributed by atoms with E-state index < -0.39 is 5.97 Å². The van der Waals surface area contributed by atoms with E-state index in [0.29, 0.717) is 18.6 Å². The molecule has 1 aliphatic heterocycles. The molecule has 188 valence electrons. The van der Waals surface area contributed by atoms with Gasteiger partial charge in [0, 0.05) is 18.8 Å². The summed E-state index contributed by atoms with van der Waals surface area (Å²) in [5.41, 5.74) is 4.26. The number of anilines is 1. The van der Waals surface area contributed by atoms with Gasteiger partial charge in [-0.3, -0.25) is 4.79 Å². The van der Waals surface area contributed by atoms with Crippen molar-refractivity contribution in [1.82, 2.24) is 5.32 Å². The Morgan fingerprint density at radius 3 is 2.39 bits per heavy atom. The highest BCUT2D eigenvalue weighted by atomic mass is 16.5. The highest BCUT2D eigenvalue weighted by Crippen LogP contribution is 2.31. The molecule has 4 rings (SSSR count). The summed E-state index contributed by atoms with van der Waals surface area (Å²) in [5, 5.41) is 12.7. The fraction of sp³-hybridized carbons (Fsp3) is 0.333. The van der Waals surface area contributed by atoms with Gasteiger partial charge in [0.2, 0.25) is 5.91 Å². The Bertz CT molecular complexity index is 1170. The maximum Gasteiger partial charge on any atom is 0.339 e. The summed E-state index contributed by atoms with van der Waals surface area (Å²) in [4.78, 5) is 27.2. The summed E-state index contributed by atoms with van der Waals surface area (Å²) in [5.74, 6) is -0.881. The minimum Gasteiger partial charge on any atom is -0.493 e. The number of para-hydroxylation sites is 1. The molecule has 1 saturated heterocycles. The summed E-state index contributed by atoms with van der Waals surface area (Å²) in [6.07, 6.45) is 4.43. The van der Waals surface area contributed by atoms with Crippen molar-refractivity contribution in [3.05, 3.63) is 95.1 Å². The Hall–Kier alpha value is -3.80. The first-order valence-electron chi connectivity index (χ1n) is 12.7. The normalized spacial score (nSPS) is 14.2. The number of rotatable bonds is 10. The van der Waals surface area contributed by atoms with Crippen molar-refractivity contribution in [3.63, 3.8) is 0 Å². The molecule has 6 heteroatoms. The van der Waals surface area contributed by atoms with Crippen LogP contribution in [0.2, 0.25) is 0 Å². The standard InChI is InChI=1S/C30H34N2O4/c1-2-36-28-20-23(15-16-25(28)30(34)35)21-29(33)31-26(19-22-11-5-3-6-12-22)24-13-7-8-14-27(24)32-17-9-4-10-18-32/h3,5-8,11-16,20,26H,2,4,9-10,17-19,21H2,1H3,(H,31,33)(H,34,35). The fourth-order valence-electron chi connectivity index (χ4n) is 4.85. The monoisotopic (exact) mass is 486 g/mol. The number of piperidine rings is 1. The predicted molar refractivity (Wildman–Crippen MR) is 142 cm³/mol. The first-order valence-corrected chi connectivity index (χ1v) is 12.7. The molecule has 0 bridgehead atoms. The van der Waals surface area contributed by atoms with Crippen molar-refractivity contribution in [3.8, 4) is 5.75 Å². The Balaban J connectivity index is 1.58. The van der Waals surface area contributed by atoms with Crippen LogP contribution in [0.25, 0.3) is 0 Å². The molecule has 0 saturated carbocycles. The highest BCUT2D eigenvalue weighted by Gasteiger charge is 2.22. The maximum absolute atomic E-state index is 13.3. The zero-order valence-corrected chi connectivity index (χ0v) is 20.8. The van der Waals surface area contributed by atoms with Crippen molar-refractivity contribution in [2.45, 2.75) is 45.1 Å². The Morgan fingerprint density at radius 1 is 0.944 bits per heavy atom. The Kier molecular flexibility index (Phi) is 8.61. The van der Waals surface area contributed by atoms with E-state index in [1.165, 1.54) is 31.0 Å². The molecule has 0 aliphatic carbocycles. The fourth-order valence-corrected chi connectivity index (χ4v) is 4.85. The van der Waals surface area contributed by atoms with Gasteiger partial charge in [-0.15, -0.1) is 0 Å². The molecule has 0 spiro atoms. The lowest BCUT2D eigenvalue weighted by Crippen LogP contribution is -2.35. The number of carbonyl (C=O) groups is 2. The van der Waals surface area contributed by atoms with E-state index >= 15 is 0 Å². The van der Waals surface area contributed by atoms with Gasteiger partial charge in [-0.05, 0) is 67.5 Å². The molecule has 1 fully saturated rings. The van der Waals surface area contributed by atoms with Crippen LogP contribution in [-0.4, -0.2) is 36.7 Å². The Labute approximate surface area is 212 Å². The third kappa shape index (κ3) is 6.45. The number of hydrogen-bond donors (Lipinski definition) is 2. The SMILES string of the molecule is CCOc1cc(CC(=O)NC(Cc2ccccc2)c2ccccc2N2CCCCC2)ccc1C(=O)O. The van der Waals surface area contributed by atoms with Crippen LogP contribution in [0.5, 0.6) is 5.75 Å². The Morgan fingerprint density at radius 2 is 1.67 bits per heavy atom. The third-order valence-corrected chi connectivity index (χ3v) is 6.57. The second-order valence-corrected chi connectivity index (χ2v) is 9.16. The van der Waals surface area contributed by atoms with Crippen LogP contribution in [0, 0.1) is 0 Å². The van der Waals surface area contributed by atoms with E-state index in [2.05, 4.69) is 40.5 Å². The van der Waals surface area contributed by atoms with E-state index in [9.17, 15) is 14.7 Å². The number of ether oxygens (including phenoxy) is 1. The predicted octanol–water partition coefficient (Wildman–Crippen LogP) is 5.42. The molecular formula is C30H34N2O4. The first-order chi connectivity index (χ1) is 17.5. The lowest BCUT2D eigenvalue weighted by Gasteiger charge is -2.33. The number of aromatic carboxylic acids is 1. The highest BCUT2D eigenvalue weighted by molar-refractivity contribution is 5.91. The minimum atomic E-state index is -1.05. The van der Waals surface area contributed by atoms with Crippen LogP contribution in [0.1, 0.15) is 59.3 Å². The molecule has 3 aromatic carbocycles. The van der Waals surface area contributed by atoms with Crippen molar-refractivity contribution in [1.29, 1.82) is 0 Å². The third-order valence-electron chi connectivity index (χ3n) is 6.57. The summed E-state index contributed by atoms with van der Waals surface area (Å²) in [6, 6.07) is 23.2. The van der Waals surface area contributed by atoms with E-state index in [1.54, 1.807) is 19.1 Å². The van der Waals surface area contributed by atoms with Gasteiger partial charge in [-0.2, -0.15) is 0 Å². The average Bonchev–Trinajstić information content (AvgIpc) is 2.89. The number of carboxylic acids is 1. The van der Waals surface area contributed by atoms with E-state index in [1.807, 2.05) is 24.3 Å². The zero-order valence-electron chi connectivity index (χ0n) is 20.8. The van der Waals surface area contributed by atoms with Crippen LogP contribution >= 0.6 is 0 Å². The first kappa shape index (κ1) is 25.3. The molecule has 0 aromatic heterocycles. The van der Waals surface area contributed by atoms with Crippen molar-refractivity contribution in [2.24, 2.45) is 0 Å². The number of benzene rings is 3. The molecule has 1 unspecified atom stereocenters. The van der Waals surface area contributed by atoms with Crippen LogP contribution < -0.4 is 15.0 Å². The zero-order chi connectivity index (χ0) is 25.3. The van der Waals surface area contributed by atoms with Gasteiger partial charge in [0.1, 0.15) is 11.3 Å². The topological polar surface area (TPSA) is 78.9 Å². The number of nitrogens with one attached hydrogen (secondary N) is 1. The molecule has 1 atom stereocenters. The smallest absolute Gasteiger partial charge is 0.339 e. The van der Waals surface area contributed by atoms with Crippen LogP contribution in [-0.2, 0) is 17.6 Å². The summed E-state index contributed by atoms with van der Waals surface area (Å²) < 4.78 is 5.51. The molecular weight excluding hydrogens is 452 g/mol. The van der Waals surface area contributed by atoms with Gasteiger partial charge in [-0.1, -0.05) is 54.6 Å². The quantitative estimate of drug-likeness (QED) is 0.400. The summed E-state index contributed by atoms with van der Waals surface area (Å²) >= 11 is 0. The second-order valence-electron chi connectivity index (χ2n) is 9.16. The number of nitrogens with zero attached hydrogens (tertiary/aromatic N) is 1. The van der Waals surface area contributed by atoms with E-state index in [-0.39, 0.29) is 29.7 Å². The maximum atomic E-state index is 13.3. The van der Waals surface area contributed by atoms with E-state index in [0.717, 1.165) is 24.2 Å². The van der Waals surface area contributed by atoms with Crippen molar-refractivity contribution in [2.75, 3.05) is 24.6 Å². The summed E-state index contributed by atoms with van der Waals surface area (Å²) in [6.45, 7) is 4.21. The number of carboxylic acid groups (broad SMARTS) is 1. The van der Waals surface area contributed by atoms with Crippen LogP contribution in [0.3, 0.4) is 0 Å². The molecule has 6 nitrogen and oxygen atoms in total. The van der Waals surface area contributed by atoms with Crippen molar-refractivity contribution < 1.29 is 19.4 Å². The van der Waals surface area contributed by atoms with Crippen molar-refractivity contribution >= 4 is 17.6 Å². The van der Waals surface area contributed by atoms with E-state index in [4.69, 9.17) is 4.74 Å². The van der Waals surface area contributed by atoms with Crippen LogP contribution in [0.4, 0.5) is 5.69 Å². The second kappa shape index (κ2) is 12.2. The molecule has 0 radical (unpaired) electrons. The lowest BCUT2D eigenvalue weighted by atomic mass is 9.95. The molecule has 1 aliphatic rings. The summed E-state index contributed by atoms with van der Waals surface area (Å²) in [7, 11) is 0. The number of carbonyl (C=O) groups excluding carboxylic acids is 1. The molecule has 36 heavy (non-hydrogen) atoms. The average molecular weight is 487 g/mol. The number of hydrogen-bond acceptors (Lipinski definition) is 4. The molecule has 3 aromatic rings. The molecule has 1 amide bonds. The molecule has 1 heterocycles. The number of amides is 1. The lowest BCUT2D eigenvalue weighted by molar-refractivity contribution is -0.121. The van der Waals surface area contributed by atoms with Gasteiger partial charge in [0.25, 0.3) is 0 Å². The molecule has 2 N–H and O–H groups in total. The van der Waals surface area contributed by atoms with Crippen LogP contribution in [0.15, 0.2) is 72.8 Å². The van der Waals surface area contributed by atoms with Gasteiger partial charge in [-0.25, -0.2) is 4.79 Å². The largest absolute Gasteiger partial charge is 0.493 e. The van der Waals surface area contributed by atoms with Gasteiger partial charge in [0.15, 0.2) is 0 Å². The van der Waals surface area contributed by atoms with Gasteiger partial charge >= 0.3 is 5.97 Å².